The van der Waals surface area contributed by atoms with Crippen LogP contribution in [0.5, 0.6) is 0 Å². The molecule has 0 spiro atoms. The van der Waals surface area contributed by atoms with Crippen molar-refractivity contribution in [3.8, 4) is 0 Å². The number of nitrogens with one attached hydrogen (secondary N) is 3. The van der Waals surface area contributed by atoms with E-state index < -0.39 is 47.3 Å². The van der Waals surface area contributed by atoms with E-state index in [-0.39, 0.29) is 42.6 Å². The van der Waals surface area contributed by atoms with Crippen LogP contribution in [0.3, 0.4) is 0 Å². The molecule has 1 aromatic heterocycles. The highest BCUT2D eigenvalue weighted by Gasteiger charge is 2.37. The molecule has 9 nitrogen and oxygen atoms in total. The molecule has 3 rings (SSSR count). The van der Waals surface area contributed by atoms with Crippen molar-refractivity contribution in [3.63, 3.8) is 0 Å². The molecule has 0 radical (unpaired) electrons. The molecule has 1 atom stereocenters. The van der Waals surface area contributed by atoms with Crippen molar-refractivity contribution in [2.24, 2.45) is 5.92 Å². The monoisotopic (exact) mass is 560 g/mol. The number of alkyl halides is 3. The number of ether oxygens (including phenoxy) is 1. The van der Waals surface area contributed by atoms with Crippen molar-refractivity contribution in [2.45, 2.75) is 26.1 Å². The summed E-state index contributed by atoms with van der Waals surface area (Å²) in [6.07, 6.45) is -4.82. The van der Waals surface area contributed by atoms with Gasteiger partial charge in [-0.05, 0) is 30.3 Å². The van der Waals surface area contributed by atoms with Gasteiger partial charge in [0.05, 0.1) is 27.1 Å². The Kier molecular flexibility index (Phi) is 9.16. The van der Waals surface area contributed by atoms with Gasteiger partial charge in [-0.2, -0.15) is 13.2 Å². The fourth-order valence-corrected chi connectivity index (χ4v) is 4.30. The number of nitrogens with zero attached hydrogens (tertiary/aromatic N) is 1. The Balaban J connectivity index is 1.81. The average molecular weight is 561 g/mol. The summed E-state index contributed by atoms with van der Waals surface area (Å²) in [5.74, 6) is -2.99. The minimum absolute atomic E-state index is 0.0495. The summed E-state index contributed by atoms with van der Waals surface area (Å²) in [5.41, 5.74) is -1.68. The molecule has 0 bridgehead atoms. The van der Waals surface area contributed by atoms with Gasteiger partial charge in [-0.1, -0.05) is 25.4 Å². The number of carbonyl (C=O) groups is 4. The molecule has 1 aromatic carbocycles. The molecule has 4 amide bonds. The fraction of sp³-hybridized carbons (Fsp3) is 0.391. The number of hydrogen-bond acceptors (Lipinski definition) is 6. The van der Waals surface area contributed by atoms with Crippen LogP contribution in [-0.2, 0) is 25.3 Å². The van der Waals surface area contributed by atoms with Gasteiger partial charge in [-0.15, -0.1) is 11.3 Å². The minimum Gasteiger partial charge on any atom is -0.370 e. The maximum Gasteiger partial charge on any atom is 0.418 e. The van der Waals surface area contributed by atoms with Gasteiger partial charge in [0.15, 0.2) is 0 Å². The predicted molar refractivity (Wildman–Crippen MR) is 132 cm³/mol. The Labute approximate surface area is 219 Å². The second kappa shape index (κ2) is 11.9. The summed E-state index contributed by atoms with van der Waals surface area (Å²) in [6.45, 7) is 2.56. The second-order valence-electron chi connectivity index (χ2n) is 8.35. The number of hydrogen-bond donors (Lipinski definition) is 3. The van der Waals surface area contributed by atoms with E-state index in [0.717, 1.165) is 22.3 Å². The molecule has 1 fully saturated rings. The number of morpholine rings is 1. The summed E-state index contributed by atoms with van der Waals surface area (Å²) in [6, 6.07) is 4.75. The van der Waals surface area contributed by atoms with E-state index in [1.165, 1.54) is 18.2 Å². The lowest BCUT2D eigenvalue weighted by Gasteiger charge is -2.29. The number of anilines is 2. The van der Waals surface area contributed by atoms with Gasteiger partial charge in [-0.3, -0.25) is 19.2 Å². The van der Waals surface area contributed by atoms with Crippen LogP contribution in [0.1, 0.15) is 29.1 Å². The third-order valence-corrected chi connectivity index (χ3v) is 6.50. The molecular formula is C23H24ClF3N4O5S. The zero-order valence-electron chi connectivity index (χ0n) is 19.8. The van der Waals surface area contributed by atoms with E-state index in [2.05, 4.69) is 16.0 Å². The van der Waals surface area contributed by atoms with Gasteiger partial charge in [-0.25, -0.2) is 0 Å². The first kappa shape index (κ1) is 28.4. The lowest BCUT2D eigenvalue weighted by atomic mass is 10.1. The summed E-state index contributed by atoms with van der Waals surface area (Å²) < 4.78 is 46.9. The molecule has 2 heterocycles. The van der Waals surface area contributed by atoms with Crippen molar-refractivity contribution in [3.05, 3.63) is 45.1 Å². The van der Waals surface area contributed by atoms with E-state index in [0.29, 0.717) is 10.4 Å². The van der Waals surface area contributed by atoms with E-state index in [1.807, 2.05) is 0 Å². The van der Waals surface area contributed by atoms with Gasteiger partial charge in [0, 0.05) is 24.7 Å². The Hall–Kier alpha value is -3.16. The van der Waals surface area contributed by atoms with Crippen molar-refractivity contribution < 1.29 is 37.1 Å². The Morgan fingerprint density at radius 2 is 1.89 bits per heavy atom. The Bertz CT molecular complexity index is 1190. The molecule has 2 aromatic rings. The Morgan fingerprint density at radius 3 is 2.49 bits per heavy atom. The molecule has 200 valence electrons. The molecule has 1 aliphatic heterocycles. The molecule has 14 heteroatoms. The third-order valence-electron chi connectivity index (χ3n) is 5.27. The van der Waals surface area contributed by atoms with E-state index >= 15 is 0 Å². The lowest BCUT2D eigenvalue weighted by molar-refractivity contribution is -0.137. The van der Waals surface area contributed by atoms with Crippen LogP contribution in [0.15, 0.2) is 30.3 Å². The van der Waals surface area contributed by atoms with Crippen molar-refractivity contribution >= 4 is 57.9 Å². The fourth-order valence-electron chi connectivity index (χ4n) is 3.34. The predicted octanol–water partition coefficient (Wildman–Crippen LogP) is 3.29. The first-order chi connectivity index (χ1) is 17.4. The SMILES string of the molecule is CC(C)C(=O)N[C@H](CNC(=O)c1ccc(Cl)s1)C(=O)Nc1ccc(N2CCOCC2=O)c(C(F)(F)F)c1. The third kappa shape index (κ3) is 7.43. The summed E-state index contributed by atoms with van der Waals surface area (Å²) >= 11 is 6.85. The maximum absolute atomic E-state index is 13.8. The molecule has 1 saturated heterocycles. The first-order valence-electron chi connectivity index (χ1n) is 11.1. The summed E-state index contributed by atoms with van der Waals surface area (Å²) in [7, 11) is 0. The number of carbonyl (C=O) groups excluding carboxylic acids is 4. The maximum atomic E-state index is 13.8. The van der Waals surface area contributed by atoms with Gasteiger partial charge in [0.1, 0.15) is 12.6 Å². The second-order valence-corrected chi connectivity index (χ2v) is 10.1. The van der Waals surface area contributed by atoms with Crippen molar-refractivity contribution in [2.75, 3.05) is 36.5 Å². The number of rotatable bonds is 8. The van der Waals surface area contributed by atoms with E-state index in [9.17, 15) is 32.3 Å². The quantitative estimate of drug-likeness (QED) is 0.458. The van der Waals surface area contributed by atoms with Crippen LogP contribution in [0.4, 0.5) is 24.5 Å². The Morgan fingerprint density at radius 1 is 1.16 bits per heavy atom. The average Bonchev–Trinajstić information content (AvgIpc) is 3.27. The zero-order valence-corrected chi connectivity index (χ0v) is 21.4. The van der Waals surface area contributed by atoms with Crippen LogP contribution >= 0.6 is 22.9 Å². The van der Waals surface area contributed by atoms with Crippen molar-refractivity contribution in [1.82, 2.24) is 10.6 Å². The summed E-state index contributed by atoms with van der Waals surface area (Å²) in [4.78, 5) is 50.9. The zero-order chi connectivity index (χ0) is 27.3. The number of amides is 4. The number of halogens is 4. The highest BCUT2D eigenvalue weighted by Crippen LogP contribution is 2.38. The topological polar surface area (TPSA) is 117 Å². The van der Waals surface area contributed by atoms with Crippen molar-refractivity contribution in [1.29, 1.82) is 0 Å². The normalized spacial score (nSPS) is 14.9. The summed E-state index contributed by atoms with van der Waals surface area (Å²) in [5, 5.41) is 7.36. The largest absolute Gasteiger partial charge is 0.418 e. The number of thiophene rings is 1. The van der Waals surface area contributed by atoms with E-state index in [4.69, 9.17) is 16.3 Å². The molecular weight excluding hydrogens is 537 g/mol. The lowest BCUT2D eigenvalue weighted by Crippen LogP contribution is -2.51. The standard InChI is InChI=1S/C23H24ClF3N4O5S/c1-12(2)20(33)30-15(10-28-22(35)17-5-6-18(24)37-17)21(34)29-13-3-4-16(14(9-13)23(25,26)27)31-7-8-36-11-19(31)32/h3-6,9,12,15H,7-8,10-11H2,1-2H3,(H,28,35)(H,29,34)(H,30,33)/t15-/m1/s1. The van der Waals surface area contributed by atoms with Gasteiger partial charge >= 0.3 is 6.18 Å². The van der Waals surface area contributed by atoms with Gasteiger partial charge in [0.25, 0.3) is 11.8 Å². The number of benzene rings is 1. The minimum atomic E-state index is -4.82. The van der Waals surface area contributed by atoms with Crippen LogP contribution in [0, 0.1) is 5.92 Å². The molecule has 0 saturated carbocycles. The van der Waals surface area contributed by atoms with Crippen LogP contribution < -0.4 is 20.9 Å². The van der Waals surface area contributed by atoms with E-state index in [1.54, 1.807) is 13.8 Å². The molecule has 3 N–H and O–H groups in total. The molecule has 0 aliphatic carbocycles. The van der Waals surface area contributed by atoms with Crippen LogP contribution in [-0.4, -0.2) is 56.0 Å². The smallest absolute Gasteiger partial charge is 0.370 e. The molecule has 1 aliphatic rings. The first-order valence-corrected chi connectivity index (χ1v) is 12.3. The highest BCUT2D eigenvalue weighted by molar-refractivity contribution is 7.18. The van der Waals surface area contributed by atoms with Crippen LogP contribution in [0.2, 0.25) is 4.34 Å². The van der Waals surface area contributed by atoms with Gasteiger partial charge in [0.2, 0.25) is 11.8 Å². The highest BCUT2D eigenvalue weighted by atomic mass is 35.5. The van der Waals surface area contributed by atoms with Crippen LogP contribution in [0.25, 0.3) is 0 Å². The van der Waals surface area contributed by atoms with Gasteiger partial charge < -0.3 is 25.6 Å². The molecule has 37 heavy (non-hydrogen) atoms. The molecule has 0 unspecified atom stereocenters.